The van der Waals surface area contributed by atoms with Gasteiger partial charge in [-0.15, -0.1) is 0 Å². The van der Waals surface area contributed by atoms with Crippen LogP contribution in [0.2, 0.25) is 0 Å². The number of benzene rings is 2. The highest BCUT2D eigenvalue weighted by Gasteiger charge is 2.16. The number of pyridine rings is 1. The summed E-state index contributed by atoms with van der Waals surface area (Å²) in [6.45, 7) is 0.165. The highest BCUT2D eigenvalue weighted by atomic mass is 79.9. The van der Waals surface area contributed by atoms with Crippen LogP contribution < -0.4 is 17.0 Å². The normalized spacial score (nSPS) is 11.0. The first kappa shape index (κ1) is 17.2. The maximum atomic E-state index is 13.2. The van der Waals surface area contributed by atoms with Gasteiger partial charge in [0.25, 0.3) is 5.56 Å². The van der Waals surface area contributed by atoms with Crippen LogP contribution in [0.1, 0.15) is 5.56 Å². The first-order chi connectivity index (χ1) is 13.0. The van der Waals surface area contributed by atoms with Gasteiger partial charge in [0.05, 0.1) is 17.6 Å². The van der Waals surface area contributed by atoms with Crippen LogP contribution in [-0.4, -0.2) is 14.1 Å². The summed E-state index contributed by atoms with van der Waals surface area (Å²) in [5.74, 6) is 0.247. The molecule has 0 aliphatic carbocycles. The molecule has 2 N–H and O–H groups in total. The van der Waals surface area contributed by atoms with Gasteiger partial charge in [0.15, 0.2) is 5.65 Å². The molecule has 0 spiro atoms. The number of nitrogens with two attached hydrogens (primary N) is 1. The largest absolute Gasteiger partial charge is 0.384 e. The van der Waals surface area contributed by atoms with E-state index in [9.17, 15) is 9.59 Å². The van der Waals surface area contributed by atoms with E-state index < -0.39 is 11.2 Å². The molecule has 2 heterocycles. The lowest BCUT2D eigenvalue weighted by atomic mass is 10.2. The van der Waals surface area contributed by atoms with Gasteiger partial charge in [-0.25, -0.2) is 14.3 Å². The molecule has 0 unspecified atom stereocenters. The number of hydrogen-bond donors (Lipinski definition) is 1. The number of nitrogens with zero attached hydrogens (tertiary/aromatic N) is 3. The Morgan fingerprint density at radius 3 is 2.33 bits per heavy atom. The summed E-state index contributed by atoms with van der Waals surface area (Å²) < 4.78 is 3.57. The van der Waals surface area contributed by atoms with E-state index in [0.29, 0.717) is 11.1 Å². The molecule has 0 bridgehead atoms. The summed E-state index contributed by atoms with van der Waals surface area (Å²) in [4.78, 5) is 30.5. The molecule has 0 fully saturated rings. The molecule has 0 radical (unpaired) electrons. The maximum Gasteiger partial charge on any atom is 0.337 e. The fourth-order valence-electron chi connectivity index (χ4n) is 2.97. The first-order valence-electron chi connectivity index (χ1n) is 8.26. The topological polar surface area (TPSA) is 82.9 Å². The van der Waals surface area contributed by atoms with Crippen LogP contribution in [0.25, 0.3) is 16.7 Å². The molecule has 0 aliphatic rings. The van der Waals surface area contributed by atoms with E-state index in [0.717, 1.165) is 10.0 Å². The Morgan fingerprint density at radius 1 is 0.926 bits per heavy atom. The quantitative estimate of drug-likeness (QED) is 0.550. The number of nitrogen functional groups attached to an aromatic ring is 1. The summed E-state index contributed by atoms with van der Waals surface area (Å²) in [6.07, 6.45) is 0. The van der Waals surface area contributed by atoms with Crippen molar-refractivity contribution in [3.05, 3.63) is 97.6 Å². The molecule has 27 heavy (non-hydrogen) atoms. The molecule has 4 rings (SSSR count). The van der Waals surface area contributed by atoms with Crippen LogP contribution in [-0.2, 0) is 6.54 Å². The van der Waals surface area contributed by atoms with Crippen molar-refractivity contribution >= 4 is 32.8 Å². The lowest BCUT2D eigenvalue weighted by Gasteiger charge is -2.14. The maximum absolute atomic E-state index is 13.2. The van der Waals surface area contributed by atoms with Crippen molar-refractivity contribution in [2.75, 3.05) is 5.73 Å². The summed E-state index contributed by atoms with van der Waals surface area (Å²) in [5, 5.41) is 0.338. The van der Waals surface area contributed by atoms with E-state index in [2.05, 4.69) is 20.9 Å². The standard InChI is InChI=1S/C20H15BrN4O2/c21-14-8-6-13(7-9-14)12-24-19(26)16-10-11-17(22)23-18(16)25(20(24)27)15-4-2-1-3-5-15/h1-11H,12H2,(H2,22,23). The van der Waals surface area contributed by atoms with Gasteiger partial charge >= 0.3 is 5.69 Å². The SMILES string of the molecule is Nc1ccc2c(=O)n(Cc3ccc(Br)cc3)c(=O)n(-c3ccccc3)c2n1. The Balaban J connectivity index is 2.03. The molecule has 0 saturated heterocycles. The van der Waals surface area contributed by atoms with Crippen LogP contribution in [0, 0.1) is 0 Å². The minimum absolute atomic E-state index is 0.165. The van der Waals surface area contributed by atoms with Crippen molar-refractivity contribution in [1.29, 1.82) is 0 Å². The highest BCUT2D eigenvalue weighted by Crippen LogP contribution is 2.15. The molecule has 2 aromatic heterocycles. The number of para-hydroxylation sites is 1. The Bertz CT molecular complexity index is 1250. The average molecular weight is 423 g/mol. The van der Waals surface area contributed by atoms with E-state index in [1.54, 1.807) is 24.3 Å². The summed E-state index contributed by atoms with van der Waals surface area (Å²) >= 11 is 3.39. The number of anilines is 1. The molecule has 0 atom stereocenters. The van der Waals surface area contributed by atoms with Gasteiger partial charge < -0.3 is 5.73 Å². The highest BCUT2D eigenvalue weighted by molar-refractivity contribution is 9.10. The van der Waals surface area contributed by atoms with Crippen molar-refractivity contribution in [2.45, 2.75) is 6.54 Å². The molecule has 2 aromatic carbocycles. The lowest BCUT2D eigenvalue weighted by molar-refractivity contribution is 0.683. The molecule has 0 aliphatic heterocycles. The Hall–Kier alpha value is -3.19. The van der Waals surface area contributed by atoms with Crippen LogP contribution in [0.4, 0.5) is 5.82 Å². The van der Waals surface area contributed by atoms with Crippen molar-refractivity contribution < 1.29 is 0 Å². The van der Waals surface area contributed by atoms with Crippen LogP contribution in [0.5, 0.6) is 0 Å². The molecule has 0 amide bonds. The molecular weight excluding hydrogens is 408 g/mol. The van der Waals surface area contributed by atoms with Crippen molar-refractivity contribution in [1.82, 2.24) is 14.1 Å². The number of rotatable bonds is 3. The summed E-state index contributed by atoms with van der Waals surface area (Å²) in [5.41, 5.74) is 6.68. The Morgan fingerprint density at radius 2 is 1.63 bits per heavy atom. The fourth-order valence-corrected chi connectivity index (χ4v) is 3.23. The zero-order valence-electron chi connectivity index (χ0n) is 14.2. The van der Waals surface area contributed by atoms with E-state index in [1.807, 2.05) is 42.5 Å². The number of fused-ring (bicyclic) bond motifs is 1. The Labute approximate surface area is 162 Å². The number of aromatic nitrogens is 3. The van der Waals surface area contributed by atoms with Crippen molar-refractivity contribution in [3.63, 3.8) is 0 Å². The van der Waals surface area contributed by atoms with Crippen molar-refractivity contribution in [2.24, 2.45) is 0 Å². The summed E-state index contributed by atoms with van der Waals surface area (Å²) in [6, 6.07) is 19.7. The van der Waals surface area contributed by atoms with Gasteiger partial charge in [-0.3, -0.25) is 9.36 Å². The van der Waals surface area contributed by atoms with E-state index in [1.165, 1.54) is 9.13 Å². The second-order valence-corrected chi connectivity index (χ2v) is 6.99. The van der Waals surface area contributed by atoms with Gasteiger partial charge in [0.2, 0.25) is 0 Å². The van der Waals surface area contributed by atoms with Crippen molar-refractivity contribution in [3.8, 4) is 5.69 Å². The zero-order valence-corrected chi connectivity index (χ0v) is 15.8. The van der Waals surface area contributed by atoms with Crippen LogP contribution >= 0.6 is 15.9 Å². The predicted octanol–water partition coefficient (Wildman–Crippen LogP) is 2.94. The van der Waals surface area contributed by atoms with Crippen LogP contribution in [0.15, 0.2) is 80.8 Å². The third-order valence-electron chi connectivity index (χ3n) is 4.27. The van der Waals surface area contributed by atoms with Gasteiger partial charge in [-0.1, -0.05) is 46.3 Å². The monoisotopic (exact) mass is 422 g/mol. The molecular formula is C20H15BrN4O2. The second kappa shape index (κ2) is 6.85. The van der Waals surface area contributed by atoms with E-state index in [-0.39, 0.29) is 18.0 Å². The zero-order chi connectivity index (χ0) is 19.0. The molecule has 0 saturated carbocycles. The minimum atomic E-state index is -0.459. The second-order valence-electron chi connectivity index (χ2n) is 6.08. The third-order valence-corrected chi connectivity index (χ3v) is 4.80. The molecule has 7 heteroatoms. The fraction of sp³-hybridized carbons (Fsp3) is 0.0500. The van der Waals surface area contributed by atoms with Crippen LogP contribution in [0.3, 0.4) is 0 Å². The number of hydrogen-bond acceptors (Lipinski definition) is 4. The van der Waals surface area contributed by atoms with E-state index in [4.69, 9.17) is 5.73 Å². The van der Waals surface area contributed by atoms with Gasteiger partial charge in [0, 0.05) is 4.47 Å². The first-order valence-corrected chi connectivity index (χ1v) is 9.06. The van der Waals surface area contributed by atoms with E-state index >= 15 is 0 Å². The summed E-state index contributed by atoms with van der Waals surface area (Å²) in [7, 11) is 0. The van der Waals surface area contributed by atoms with Gasteiger partial charge in [-0.05, 0) is 42.0 Å². The Kier molecular flexibility index (Phi) is 4.37. The molecule has 4 aromatic rings. The predicted molar refractivity (Wildman–Crippen MR) is 109 cm³/mol. The molecule has 6 nitrogen and oxygen atoms in total. The van der Waals surface area contributed by atoms with Gasteiger partial charge in [0.1, 0.15) is 5.82 Å². The molecule has 134 valence electrons. The number of halogens is 1. The smallest absolute Gasteiger partial charge is 0.337 e. The average Bonchev–Trinajstić information content (AvgIpc) is 2.67. The minimum Gasteiger partial charge on any atom is -0.384 e. The van der Waals surface area contributed by atoms with Gasteiger partial charge in [-0.2, -0.15) is 0 Å². The third kappa shape index (κ3) is 3.17. The lowest BCUT2D eigenvalue weighted by Crippen LogP contribution is -2.40.